The molecule has 5 heteroatoms. The van der Waals surface area contributed by atoms with Crippen molar-refractivity contribution in [3.63, 3.8) is 0 Å². The number of ether oxygens (including phenoxy) is 1. The minimum atomic E-state index is -0.384. The fourth-order valence-electron chi connectivity index (χ4n) is 2.36. The molecule has 21 heavy (non-hydrogen) atoms. The van der Waals surface area contributed by atoms with Gasteiger partial charge in [-0.25, -0.2) is 4.79 Å². The summed E-state index contributed by atoms with van der Waals surface area (Å²) in [6.07, 6.45) is 7.30. The topological polar surface area (TPSA) is 64.3 Å². The van der Waals surface area contributed by atoms with Crippen LogP contribution >= 0.6 is 0 Å². The first kappa shape index (κ1) is 13.8. The summed E-state index contributed by atoms with van der Waals surface area (Å²) >= 11 is 0. The summed E-state index contributed by atoms with van der Waals surface area (Å²) in [4.78, 5) is 15.6. The average molecular weight is 286 g/mol. The number of hydrogen-bond donors (Lipinski definition) is 1. The molecule has 2 aromatic rings. The maximum Gasteiger partial charge on any atom is 0.339 e. The zero-order chi connectivity index (χ0) is 14.8. The van der Waals surface area contributed by atoms with Crippen LogP contribution in [0.2, 0.25) is 0 Å². The van der Waals surface area contributed by atoms with Crippen LogP contribution in [0.25, 0.3) is 0 Å². The monoisotopic (exact) mass is 286 g/mol. The molecule has 0 saturated heterocycles. The molecule has 1 aliphatic rings. The first-order valence-corrected chi connectivity index (χ1v) is 7.04. The Hall–Kier alpha value is -2.14. The lowest BCUT2D eigenvalue weighted by Gasteiger charge is -2.06. The molecule has 0 bridgehead atoms. The van der Waals surface area contributed by atoms with Crippen LogP contribution in [0.5, 0.6) is 0 Å². The van der Waals surface area contributed by atoms with E-state index in [1.165, 1.54) is 13.3 Å². The highest BCUT2D eigenvalue weighted by Crippen LogP contribution is 2.40. The van der Waals surface area contributed by atoms with Gasteiger partial charge in [0.15, 0.2) is 0 Å². The van der Waals surface area contributed by atoms with Crippen LogP contribution < -0.4 is 0 Å². The third-order valence-corrected chi connectivity index (χ3v) is 3.77. The fourth-order valence-corrected chi connectivity index (χ4v) is 2.36. The van der Waals surface area contributed by atoms with E-state index in [2.05, 4.69) is 9.72 Å². The number of rotatable bonds is 5. The zero-order valence-electron chi connectivity index (χ0n) is 11.9. The van der Waals surface area contributed by atoms with Crippen LogP contribution in [0.3, 0.4) is 0 Å². The number of carbonyl (C=O) groups excluding carboxylic acids is 1. The summed E-state index contributed by atoms with van der Waals surface area (Å²) in [5, 5.41) is 10.1. The molecule has 1 aliphatic carbocycles. The summed E-state index contributed by atoms with van der Waals surface area (Å²) in [6.45, 7) is 0.610. The second-order valence-corrected chi connectivity index (χ2v) is 5.43. The Morgan fingerprint density at radius 3 is 2.90 bits per heavy atom. The minimum Gasteiger partial charge on any atom is -0.465 e. The number of aromatic nitrogens is 2. The van der Waals surface area contributed by atoms with Gasteiger partial charge in [-0.2, -0.15) is 0 Å². The molecule has 1 unspecified atom stereocenters. The van der Waals surface area contributed by atoms with Crippen molar-refractivity contribution in [1.82, 2.24) is 9.55 Å². The lowest BCUT2D eigenvalue weighted by Crippen LogP contribution is -2.04. The van der Waals surface area contributed by atoms with Gasteiger partial charge in [0.25, 0.3) is 0 Å². The van der Waals surface area contributed by atoms with Crippen molar-refractivity contribution in [1.29, 1.82) is 0 Å². The maximum atomic E-state index is 11.3. The molecule has 2 heterocycles. The van der Waals surface area contributed by atoms with Gasteiger partial charge in [0.2, 0.25) is 0 Å². The summed E-state index contributed by atoms with van der Waals surface area (Å²) < 4.78 is 6.63. The third-order valence-electron chi connectivity index (χ3n) is 3.77. The second kappa shape index (κ2) is 5.69. The number of methoxy groups -OCH3 is 1. The maximum absolute atomic E-state index is 11.3. The number of hydrogen-bond acceptors (Lipinski definition) is 4. The summed E-state index contributed by atoms with van der Waals surface area (Å²) in [7, 11) is 1.35. The van der Waals surface area contributed by atoms with Gasteiger partial charge < -0.3 is 14.4 Å². The Morgan fingerprint density at radius 1 is 1.48 bits per heavy atom. The largest absolute Gasteiger partial charge is 0.465 e. The van der Waals surface area contributed by atoms with Crippen molar-refractivity contribution in [2.75, 3.05) is 7.11 Å². The molecule has 110 valence electrons. The Kier molecular flexibility index (Phi) is 3.75. The number of aliphatic hydroxyl groups is 1. The van der Waals surface area contributed by atoms with Crippen LogP contribution in [-0.2, 0) is 11.3 Å². The second-order valence-electron chi connectivity index (χ2n) is 5.43. The molecule has 0 aliphatic heterocycles. The van der Waals surface area contributed by atoms with Gasteiger partial charge in [0, 0.05) is 18.6 Å². The van der Waals surface area contributed by atoms with Crippen molar-refractivity contribution in [3.8, 4) is 0 Å². The Bertz CT molecular complexity index is 629. The highest BCUT2D eigenvalue weighted by Gasteiger charge is 2.31. The normalized spacial score (nSPS) is 15.7. The average Bonchev–Trinajstić information content (AvgIpc) is 3.26. The molecular weight excluding hydrogens is 268 g/mol. The van der Waals surface area contributed by atoms with Crippen molar-refractivity contribution < 1.29 is 14.6 Å². The van der Waals surface area contributed by atoms with E-state index in [-0.39, 0.29) is 12.1 Å². The van der Waals surface area contributed by atoms with Crippen molar-refractivity contribution in [2.24, 2.45) is 5.92 Å². The molecule has 0 spiro atoms. The van der Waals surface area contributed by atoms with Gasteiger partial charge in [0.1, 0.15) is 0 Å². The number of esters is 1. The quantitative estimate of drug-likeness (QED) is 0.855. The van der Waals surface area contributed by atoms with E-state index >= 15 is 0 Å². The molecule has 5 nitrogen and oxygen atoms in total. The van der Waals surface area contributed by atoms with Gasteiger partial charge >= 0.3 is 5.97 Å². The molecule has 2 aromatic heterocycles. The van der Waals surface area contributed by atoms with Crippen LogP contribution in [0, 0.1) is 5.92 Å². The van der Waals surface area contributed by atoms with Gasteiger partial charge in [-0.3, -0.25) is 4.98 Å². The molecule has 1 atom stereocenters. The molecule has 1 fully saturated rings. The van der Waals surface area contributed by atoms with E-state index in [0.29, 0.717) is 18.0 Å². The zero-order valence-corrected chi connectivity index (χ0v) is 11.9. The Labute approximate surface area is 123 Å². The third kappa shape index (κ3) is 3.13. The SMILES string of the molecule is COC(=O)c1ccc(Cn2ccc(C(O)C3CC3)c2)nc1. The number of carbonyl (C=O) groups is 1. The molecule has 0 amide bonds. The van der Waals surface area contributed by atoms with E-state index in [1.54, 1.807) is 6.07 Å². The lowest BCUT2D eigenvalue weighted by molar-refractivity contribution is 0.0600. The van der Waals surface area contributed by atoms with E-state index < -0.39 is 0 Å². The van der Waals surface area contributed by atoms with Crippen LogP contribution in [-0.4, -0.2) is 27.7 Å². The highest BCUT2D eigenvalue weighted by atomic mass is 16.5. The molecule has 0 aromatic carbocycles. The number of nitrogens with zero attached hydrogens (tertiary/aromatic N) is 2. The molecule has 1 N–H and O–H groups in total. The molecule has 0 radical (unpaired) electrons. The smallest absolute Gasteiger partial charge is 0.339 e. The van der Waals surface area contributed by atoms with Gasteiger partial charge in [-0.05, 0) is 42.5 Å². The predicted molar refractivity (Wildman–Crippen MR) is 76.8 cm³/mol. The van der Waals surface area contributed by atoms with E-state index in [1.807, 2.05) is 29.1 Å². The van der Waals surface area contributed by atoms with Gasteiger partial charge in [0.05, 0.1) is 31.0 Å². The molecule has 1 saturated carbocycles. The number of pyridine rings is 1. The van der Waals surface area contributed by atoms with E-state index in [9.17, 15) is 9.90 Å². The lowest BCUT2D eigenvalue weighted by atomic mass is 10.1. The Balaban J connectivity index is 1.67. The summed E-state index contributed by atoms with van der Waals surface area (Å²) in [5.74, 6) is 0.0446. The number of aliphatic hydroxyl groups excluding tert-OH is 1. The van der Waals surface area contributed by atoms with Crippen molar-refractivity contribution in [3.05, 3.63) is 53.6 Å². The fraction of sp³-hybridized carbons (Fsp3) is 0.375. The minimum absolute atomic E-state index is 0.346. The van der Waals surface area contributed by atoms with E-state index in [0.717, 1.165) is 24.1 Å². The van der Waals surface area contributed by atoms with Crippen molar-refractivity contribution >= 4 is 5.97 Å². The van der Waals surface area contributed by atoms with Crippen LogP contribution in [0.1, 0.15) is 40.6 Å². The molecular formula is C16H18N2O3. The van der Waals surface area contributed by atoms with Crippen LogP contribution in [0.15, 0.2) is 36.8 Å². The summed E-state index contributed by atoms with van der Waals surface area (Å²) in [5.41, 5.74) is 2.26. The Morgan fingerprint density at radius 2 is 2.29 bits per heavy atom. The standard InChI is InChI=1S/C16H18N2O3/c1-21-16(20)12-4-5-14(17-8-12)10-18-7-6-13(9-18)15(19)11-2-3-11/h4-9,11,15,19H,2-3,10H2,1H3. The first-order chi connectivity index (χ1) is 10.2. The first-order valence-electron chi connectivity index (χ1n) is 7.04. The van der Waals surface area contributed by atoms with Crippen molar-refractivity contribution in [2.45, 2.75) is 25.5 Å². The van der Waals surface area contributed by atoms with E-state index in [4.69, 9.17) is 0 Å². The molecule has 3 rings (SSSR count). The van der Waals surface area contributed by atoms with Gasteiger partial charge in [-0.15, -0.1) is 0 Å². The predicted octanol–water partition coefficient (Wildman–Crippen LogP) is 2.16. The van der Waals surface area contributed by atoms with Gasteiger partial charge in [-0.1, -0.05) is 0 Å². The highest BCUT2D eigenvalue weighted by molar-refractivity contribution is 5.88. The summed E-state index contributed by atoms with van der Waals surface area (Å²) in [6, 6.07) is 5.46. The van der Waals surface area contributed by atoms with Crippen LogP contribution in [0.4, 0.5) is 0 Å².